The molecular formula is C12H22O5. The molecule has 0 unspecified atom stereocenters. The van der Waals surface area contributed by atoms with Crippen LogP contribution < -0.4 is 0 Å². The maximum atomic E-state index is 5.28. The number of rotatable bonds is 13. The van der Waals surface area contributed by atoms with Crippen molar-refractivity contribution in [1.29, 1.82) is 0 Å². The Morgan fingerprint density at radius 1 is 0.706 bits per heavy atom. The zero-order valence-electron chi connectivity index (χ0n) is 10.5. The van der Waals surface area contributed by atoms with Gasteiger partial charge >= 0.3 is 0 Å². The van der Waals surface area contributed by atoms with Gasteiger partial charge in [-0.05, 0) is 0 Å². The van der Waals surface area contributed by atoms with E-state index in [0.29, 0.717) is 59.5 Å². The molecule has 0 spiro atoms. The van der Waals surface area contributed by atoms with Crippen LogP contribution in [0, 0.1) is 12.3 Å². The number of ether oxygens (including phenoxy) is 5. The van der Waals surface area contributed by atoms with Crippen LogP contribution in [0.25, 0.3) is 0 Å². The summed E-state index contributed by atoms with van der Waals surface area (Å²) in [5.41, 5.74) is 0. The van der Waals surface area contributed by atoms with Crippen molar-refractivity contribution in [2.75, 3.05) is 66.6 Å². The van der Waals surface area contributed by atoms with Gasteiger partial charge in [0.1, 0.15) is 6.61 Å². The molecule has 0 saturated heterocycles. The normalized spacial score (nSPS) is 10.4. The van der Waals surface area contributed by atoms with E-state index in [1.54, 1.807) is 7.11 Å². The van der Waals surface area contributed by atoms with Crippen molar-refractivity contribution in [3.8, 4) is 12.3 Å². The van der Waals surface area contributed by atoms with Crippen LogP contribution in [-0.2, 0) is 23.7 Å². The lowest BCUT2D eigenvalue weighted by Gasteiger charge is -2.06. The van der Waals surface area contributed by atoms with Crippen molar-refractivity contribution in [3.05, 3.63) is 0 Å². The molecule has 0 saturated carbocycles. The smallest absolute Gasteiger partial charge is 0.107 e. The second kappa shape index (κ2) is 15.4. The Labute approximate surface area is 103 Å². The SMILES string of the molecule is C#CCOCCOCCOCCOCCOC. The van der Waals surface area contributed by atoms with Gasteiger partial charge in [-0.3, -0.25) is 0 Å². The summed E-state index contributed by atoms with van der Waals surface area (Å²) in [6.45, 7) is 4.86. The van der Waals surface area contributed by atoms with Crippen molar-refractivity contribution in [2.45, 2.75) is 0 Å². The quantitative estimate of drug-likeness (QED) is 0.346. The predicted octanol–water partition coefficient (Wildman–Crippen LogP) is 0.332. The molecule has 5 nitrogen and oxygen atoms in total. The van der Waals surface area contributed by atoms with Crippen LogP contribution in [0.2, 0.25) is 0 Å². The minimum Gasteiger partial charge on any atom is -0.382 e. The molecule has 0 aliphatic rings. The molecule has 0 fully saturated rings. The van der Waals surface area contributed by atoms with Crippen LogP contribution in [0.4, 0.5) is 0 Å². The van der Waals surface area contributed by atoms with Crippen LogP contribution in [-0.4, -0.2) is 66.6 Å². The lowest BCUT2D eigenvalue weighted by atomic mass is 10.7. The van der Waals surface area contributed by atoms with E-state index >= 15 is 0 Å². The first-order valence-corrected chi connectivity index (χ1v) is 5.65. The molecule has 17 heavy (non-hydrogen) atoms. The second-order valence-electron chi connectivity index (χ2n) is 3.09. The molecule has 0 N–H and O–H groups in total. The van der Waals surface area contributed by atoms with Gasteiger partial charge in [-0.2, -0.15) is 0 Å². The molecule has 0 bridgehead atoms. The van der Waals surface area contributed by atoms with Gasteiger partial charge in [0.15, 0.2) is 0 Å². The van der Waals surface area contributed by atoms with E-state index in [-0.39, 0.29) is 0 Å². The molecule has 0 rings (SSSR count). The predicted molar refractivity (Wildman–Crippen MR) is 64.0 cm³/mol. The molecule has 0 aliphatic carbocycles. The van der Waals surface area contributed by atoms with E-state index in [2.05, 4.69) is 5.92 Å². The average molecular weight is 246 g/mol. The third-order valence-electron chi connectivity index (χ3n) is 1.73. The van der Waals surface area contributed by atoms with Crippen molar-refractivity contribution < 1.29 is 23.7 Å². The molecule has 0 heterocycles. The number of terminal acetylenes is 1. The minimum absolute atomic E-state index is 0.332. The van der Waals surface area contributed by atoms with Crippen molar-refractivity contribution in [3.63, 3.8) is 0 Å². The third kappa shape index (κ3) is 15.4. The Balaban J connectivity index is 2.87. The summed E-state index contributed by atoms with van der Waals surface area (Å²) in [6.07, 6.45) is 5.01. The summed E-state index contributed by atoms with van der Waals surface area (Å²) in [7, 11) is 1.64. The first kappa shape index (κ1) is 16.4. The Bertz CT molecular complexity index is 178. The van der Waals surface area contributed by atoms with E-state index in [9.17, 15) is 0 Å². The largest absolute Gasteiger partial charge is 0.382 e. The van der Waals surface area contributed by atoms with E-state index in [0.717, 1.165) is 0 Å². The minimum atomic E-state index is 0.332. The molecule has 5 heteroatoms. The molecule has 0 amide bonds. The summed E-state index contributed by atoms with van der Waals surface area (Å²) < 4.78 is 25.6. The number of hydrogen-bond donors (Lipinski definition) is 0. The summed E-state index contributed by atoms with van der Waals surface area (Å²) in [5, 5.41) is 0. The zero-order valence-corrected chi connectivity index (χ0v) is 10.5. The summed E-state index contributed by atoms with van der Waals surface area (Å²) >= 11 is 0. The molecule has 0 aliphatic heterocycles. The van der Waals surface area contributed by atoms with Gasteiger partial charge in [-0.15, -0.1) is 6.42 Å². The summed E-state index contributed by atoms with van der Waals surface area (Å²) in [4.78, 5) is 0. The molecule has 0 radical (unpaired) electrons. The van der Waals surface area contributed by atoms with Crippen LogP contribution in [0.1, 0.15) is 0 Å². The first-order chi connectivity index (χ1) is 8.41. The monoisotopic (exact) mass is 246 g/mol. The van der Waals surface area contributed by atoms with Gasteiger partial charge in [0.25, 0.3) is 0 Å². The van der Waals surface area contributed by atoms with Crippen molar-refractivity contribution in [1.82, 2.24) is 0 Å². The highest BCUT2D eigenvalue weighted by Crippen LogP contribution is 1.82. The fraction of sp³-hybridized carbons (Fsp3) is 0.833. The third-order valence-corrected chi connectivity index (χ3v) is 1.73. The first-order valence-electron chi connectivity index (χ1n) is 5.65. The summed E-state index contributed by atoms with van der Waals surface area (Å²) in [5.74, 6) is 2.38. The van der Waals surface area contributed by atoms with Gasteiger partial charge in [0, 0.05) is 7.11 Å². The maximum absolute atomic E-state index is 5.28. The highest BCUT2D eigenvalue weighted by Gasteiger charge is 1.91. The van der Waals surface area contributed by atoms with Crippen LogP contribution in [0.15, 0.2) is 0 Å². The van der Waals surface area contributed by atoms with Crippen LogP contribution in [0.3, 0.4) is 0 Å². The van der Waals surface area contributed by atoms with E-state index < -0.39 is 0 Å². The molecular weight excluding hydrogens is 224 g/mol. The van der Waals surface area contributed by atoms with Crippen molar-refractivity contribution in [2.24, 2.45) is 0 Å². The van der Waals surface area contributed by atoms with Gasteiger partial charge in [0.2, 0.25) is 0 Å². The molecule has 100 valence electrons. The van der Waals surface area contributed by atoms with Gasteiger partial charge < -0.3 is 23.7 Å². The van der Waals surface area contributed by atoms with Gasteiger partial charge in [0.05, 0.1) is 52.9 Å². The standard InChI is InChI=1S/C12H22O5/c1-3-4-14-7-8-16-11-12-17-10-9-15-6-5-13-2/h1H,4-12H2,2H3. The fourth-order valence-corrected chi connectivity index (χ4v) is 0.933. The highest BCUT2D eigenvalue weighted by molar-refractivity contribution is 4.82. The highest BCUT2D eigenvalue weighted by atomic mass is 16.6. The van der Waals surface area contributed by atoms with Crippen LogP contribution in [0.5, 0.6) is 0 Å². The topological polar surface area (TPSA) is 46.2 Å². The fourth-order valence-electron chi connectivity index (χ4n) is 0.933. The van der Waals surface area contributed by atoms with Crippen molar-refractivity contribution >= 4 is 0 Å². The van der Waals surface area contributed by atoms with E-state index in [1.165, 1.54) is 0 Å². The second-order valence-corrected chi connectivity index (χ2v) is 3.09. The number of hydrogen-bond acceptors (Lipinski definition) is 5. The molecule has 0 aromatic carbocycles. The lowest BCUT2D eigenvalue weighted by Crippen LogP contribution is -2.12. The van der Waals surface area contributed by atoms with Crippen LogP contribution >= 0.6 is 0 Å². The van der Waals surface area contributed by atoms with E-state index in [1.807, 2.05) is 0 Å². The maximum Gasteiger partial charge on any atom is 0.107 e. The Morgan fingerprint density at radius 2 is 1.12 bits per heavy atom. The summed E-state index contributed by atoms with van der Waals surface area (Å²) in [6, 6.07) is 0. The Hall–Kier alpha value is -0.640. The molecule has 0 aromatic rings. The van der Waals surface area contributed by atoms with Gasteiger partial charge in [-0.1, -0.05) is 5.92 Å². The average Bonchev–Trinajstić information content (AvgIpc) is 2.35. The zero-order chi connectivity index (χ0) is 12.6. The number of methoxy groups -OCH3 is 1. The van der Waals surface area contributed by atoms with Gasteiger partial charge in [-0.25, -0.2) is 0 Å². The molecule has 0 atom stereocenters. The Morgan fingerprint density at radius 3 is 1.53 bits per heavy atom. The Kier molecular flexibility index (Phi) is 14.8. The molecule has 0 aromatic heterocycles. The van der Waals surface area contributed by atoms with E-state index in [4.69, 9.17) is 30.1 Å². The lowest BCUT2D eigenvalue weighted by molar-refractivity contribution is -0.00549.